The Balaban J connectivity index is 1.29. The van der Waals surface area contributed by atoms with Gasteiger partial charge in [0.2, 0.25) is 0 Å². The van der Waals surface area contributed by atoms with E-state index in [1.165, 1.54) is 12.8 Å². The molecule has 0 radical (unpaired) electrons. The maximum atomic E-state index is 16.5. The maximum Gasteiger partial charge on any atom is 0.319 e. The highest BCUT2D eigenvalue weighted by Gasteiger charge is 2.45. The zero-order valence-corrected chi connectivity index (χ0v) is 24.5. The van der Waals surface area contributed by atoms with Crippen molar-refractivity contribution in [2.75, 3.05) is 58.9 Å². The Morgan fingerprint density at radius 2 is 1.74 bits per heavy atom. The lowest BCUT2D eigenvalue weighted by molar-refractivity contribution is -0.000660. The Bertz CT molecular complexity index is 1590. The number of pyridine rings is 1. The number of nitrogens with one attached hydrogen (secondary N) is 1. The van der Waals surface area contributed by atoms with Gasteiger partial charge in [-0.15, -0.1) is 0 Å². The van der Waals surface area contributed by atoms with Gasteiger partial charge in [-0.25, -0.2) is 4.39 Å². The third-order valence-corrected chi connectivity index (χ3v) is 9.95. The van der Waals surface area contributed by atoms with E-state index in [1.54, 1.807) is 6.20 Å². The molecule has 220 valence electrons. The fourth-order valence-corrected chi connectivity index (χ4v) is 7.30. The first-order valence-electron chi connectivity index (χ1n) is 15.2. The topological polar surface area (TPSA) is 75.6 Å². The molecule has 3 aliphatic rings. The zero-order valence-electron chi connectivity index (χ0n) is 24.5. The van der Waals surface area contributed by atoms with Crippen LogP contribution in [0.2, 0.25) is 0 Å². The second-order valence-corrected chi connectivity index (χ2v) is 12.4. The molecule has 0 saturated carbocycles. The molecule has 0 bridgehead atoms. The van der Waals surface area contributed by atoms with E-state index in [-0.39, 0.29) is 28.3 Å². The molecule has 5 heterocycles. The molecule has 1 N–H and O–H groups in total. The summed E-state index contributed by atoms with van der Waals surface area (Å²) in [5, 5.41) is 6.09. The maximum absolute atomic E-state index is 16.5. The summed E-state index contributed by atoms with van der Waals surface area (Å²) in [6, 6.07) is 14.1. The lowest BCUT2D eigenvalue weighted by Gasteiger charge is -2.43. The number of rotatable bonds is 8. The quantitative estimate of drug-likeness (QED) is 0.297. The number of nitrogens with zero attached hydrogens (tertiary/aromatic N) is 5. The van der Waals surface area contributed by atoms with E-state index in [0.717, 1.165) is 55.1 Å². The van der Waals surface area contributed by atoms with Crippen LogP contribution in [0.15, 0.2) is 48.7 Å². The van der Waals surface area contributed by atoms with Crippen LogP contribution in [-0.2, 0) is 4.74 Å². The minimum absolute atomic E-state index is 0.0356. The molecule has 8 nitrogen and oxygen atoms in total. The van der Waals surface area contributed by atoms with E-state index in [2.05, 4.69) is 39.2 Å². The van der Waals surface area contributed by atoms with Crippen molar-refractivity contribution in [1.29, 1.82) is 0 Å². The van der Waals surface area contributed by atoms with Crippen molar-refractivity contribution in [1.82, 2.24) is 24.8 Å². The van der Waals surface area contributed by atoms with Crippen LogP contribution in [-0.4, -0.2) is 89.4 Å². The number of anilines is 1. The van der Waals surface area contributed by atoms with Gasteiger partial charge in [-0.2, -0.15) is 9.97 Å². The number of ether oxygens (including phenoxy) is 2. The van der Waals surface area contributed by atoms with Crippen molar-refractivity contribution >= 4 is 27.5 Å². The molecule has 3 fully saturated rings. The number of hydrogen-bond donors (Lipinski definition) is 1. The van der Waals surface area contributed by atoms with Gasteiger partial charge < -0.3 is 19.7 Å². The minimum Gasteiger partial charge on any atom is -0.461 e. The molecule has 2 aromatic heterocycles. The Labute approximate surface area is 246 Å². The number of hydrogen-bond acceptors (Lipinski definition) is 8. The number of benzene rings is 2. The van der Waals surface area contributed by atoms with Gasteiger partial charge in [0.15, 0.2) is 5.82 Å². The van der Waals surface area contributed by atoms with Crippen LogP contribution in [0.4, 0.5) is 10.2 Å². The smallest absolute Gasteiger partial charge is 0.319 e. The molecule has 0 unspecified atom stereocenters. The Hall–Kier alpha value is -3.40. The molecule has 9 heteroatoms. The SMILES string of the molecule is CN(C)C1(CNc2nc(OCC34CCCN3CCC4)nc3c(F)c(-c4cccc5ccccc45)ncc23)CCOCC1. The van der Waals surface area contributed by atoms with Crippen LogP contribution in [0.5, 0.6) is 6.01 Å². The van der Waals surface area contributed by atoms with Crippen molar-refractivity contribution in [2.45, 2.75) is 49.6 Å². The van der Waals surface area contributed by atoms with Crippen LogP contribution in [0.3, 0.4) is 0 Å². The van der Waals surface area contributed by atoms with Crippen molar-refractivity contribution in [3.05, 3.63) is 54.5 Å². The molecule has 0 atom stereocenters. The van der Waals surface area contributed by atoms with E-state index in [9.17, 15) is 0 Å². The molecule has 2 aromatic carbocycles. The first-order valence-corrected chi connectivity index (χ1v) is 15.2. The third-order valence-electron chi connectivity index (χ3n) is 9.95. The number of likely N-dealkylation sites (N-methyl/N-ethyl adjacent to an activating group) is 1. The highest BCUT2D eigenvalue weighted by atomic mass is 19.1. The van der Waals surface area contributed by atoms with Gasteiger partial charge in [0.25, 0.3) is 0 Å². The highest BCUT2D eigenvalue weighted by Crippen LogP contribution is 2.40. The van der Waals surface area contributed by atoms with Gasteiger partial charge in [0, 0.05) is 37.1 Å². The average Bonchev–Trinajstić information content (AvgIpc) is 3.60. The van der Waals surface area contributed by atoms with Gasteiger partial charge in [0.1, 0.15) is 23.6 Å². The minimum atomic E-state index is -0.464. The van der Waals surface area contributed by atoms with Crippen LogP contribution in [0, 0.1) is 5.82 Å². The summed E-state index contributed by atoms with van der Waals surface area (Å²) < 4.78 is 28.6. The van der Waals surface area contributed by atoms with Crippen molar-refractivity contribution in [3.8, 4) is 17.3 Å². The molecule has 42 heavy (non-hydrogen) atoms. The monoisotopic (exact) mass is 570 g/mol. The molecule has 3 saturated heterocycles. The largest absolute Gasteiger partial charge is 0.461 e. The first-order chi connectivity index (χ1) is 20.5. The van der Waals surface area contributed by atoms with Gasteiger partial charge >= 0.3 is 6.01 Å². The predicted octanol–water partition coefficient (Wildman–Crippen LogP) is 5.51. The number of aromatic nitrogens is 3. The van der Waals surface area contributed by atoms with Crippen molar-refractivity contribution < 1.29 is 13.9 Å². The lowest BCUT2D eigenvalue weighted by atomic mass is 9.88. The molecule has 7 rings (SSSR count). The van der Waals surface area contributed by atoms with Crippen LogP contribution < -0.4 is 10.1 Å². The van der Waals surface area contributed by atoms with Crippen molar-refractivity contribution in [2.24, 2.45) is 0 Å². The van der Waals surface area contributed by atoms with Gasteiger partial charge in [-0.3, -0.25) is 9.88 Å². The number of halogens is 1. The second kappa shape index (κ2) is 11.0. The zero-order chi connectivity index (χ0) is 28.7. The molecular weight excluding hydrogens is 531 g/mol. The molecule has 3 aliphatic heterocycles. The Kier molecular flexibility index (Phi) is 7.20. The summed E-state index contributed by atoms with van der Waals surface area (Å²) in [5.41, 5.74) is 1.18. The average molecular weight is 571 g/mol. The normalized spacial score (nSPS) is 19.9. The molecule has 0 amide bonds. The van der Waals surface area contributed by atoms with Crippen molar-refractivity contribution in [3.63, 3.8) is 0 Å². The lowest BCUT2D eigenvalue weighted by Crippen LogP contribution is -2.53. The summed E-state index contributed by atoms with van der Waals surface area (Å²) in [6.07, 6.45) is 8.08. The van der Waals surface area contributed by atoms with E-state index in [0.29, 0.717) is 37.6 Å². The van der Waals surface area contributed by atoms with E-state index in [1.807, 2.05) is 42.5 Å². The molecule has 0 aliphatic carbocycles. The molecule has 4 aromatic rings. The number of fused-ring (bicyclic) bond motifs is 3. The fourth-order valence-electron chi connectivity index (χ4n) is 7.30. The standard InChI is InChI=1S/C33H39FN6O2/c1-39(2)32(14-18-41-19-15-32)21-36-30-26-20-35-28(25-11-5-9-23-8-3-4-10-24(23)25)27(34)29(26)37-31(38-30)42-22-33-12-6-16-40(33)17-7-13-33/h3-5,8-11,20H,6-7,12-19,21-22H2,1-2H3,(H,36,37,38). The van der Waals surface area contributed by atoms with Crippen LogP contribution >= 0.6 is 0 Å². The predicted molar refractivity (Wildman–Crippen MR) is 163 cm³/mol. The van der Waals surface area contributed by atoms with E-state index < -0.39 is 5.82 Å². The Morgan fingerprint density at radius 3 is 2.52 bits per heavy atom. The highest BCUT2D eigenvalue weighted by molar-refractivity contribution is 5.98. The summed E-state index contributed by atoms with van der Waals surface area (Å²) in [6.45, 7) is 4.79. The van der Waals surface area contributed by atoms with E-state index >= 15 is 4.39 Å². The summed E-state index contributed by atoms with van der Waals surface area (Å²) in [4.78, 5) is 19.0. The summed E-state index contributed by atoms with van der Waals surface area (Å²) in [5.74, 6) is 0.0832. The summed E-state index contributed by atoms with van der Waals surface area (Å²) in [7, 11) is 4.21. The second-order valence-electron chi connectivity index (χ2n) is 12.4. The van der Waals surface area contributed by atoms with E-state index in [4.69, 9.17) is 14.5 Å². The molecular formula is C33H39FN6O2. The fraction of sp³-hybridized carbons (Fsp3) is 0.485. The third kappa shape index (κ3) is 4.77. The van der Waals surface area contributed by atoms with Gasteiger partial charge in [0.05, 0.1) is 10.9 Å². The first kappa shape index (κ1) is 27.4. The Morgan fingerprint density at radius 1 is 0.976 bits per heavy atom. The van der Waals surface area contributed by atoms with Crippen LogP contribution in [0.25, 0.3) is 32.9 Å². The summed E-state index contributed by atoms with van der Waals surface area (Å²) >= 11 is 0. The van der Waals surface area contributed by atoms with Crippen LogP contribution in [0.1, 0.15) is 38.5 Å². The molecule has 0 spiro atoms. The van der Waals surface area contributed by atoms with Gasteiger partial charge in [-0.1, -0.05) is 42.5 Å². The van der Waals surface area contributed by atoms with Gasteiger partial charge in [-0.05, 0) is 76.5 Å².